The van der Waals surface area contributed by atoms with E-state index >= 15 is 0 Å². The van der Waals surface area contributed by atoms with Gasteiger partial charge >= 0.3 is 0 Å². The molecule has 0 spiro atoms. The van der Waals surface area contributed by atoms with Crippen molar-refractivity contribution in [2.75, 3.05) is 33.4 Å². The van der Waals surface area contributed by atoms with Crippen LogP contribution < -0.4 is 20.1 Å². The number of ether oxygens (including phenoxy) is 2. The van der Waals surface area contributed by atoms with Crippen molar-refractivity contribution in [1.29, 1.82) is 0 Å². The Morgan fingerprint density at radius 2 is 1.57 bits per heavy atom. The Morgan fingerprint density at radius 1 is 0.864 bits per heavy atom. The summed E-state index contributed by atoms with van der Waals surface area (Å²) in [6, 6.07) is 25.1. The van der Waals surface area contributed by atoms with Gasteiger partial charge in [-0.25, -0.2) is 4.98 Å². The zero-order valence-corrected chi connectivity index (χ0v) is 25.9. The lowest BCUT2D eigenvalue weighted by Gasteiger charge is -2.16. The Kier molecular flexibility index (Phi) is 10.9. The highest BCUT2D eigenvalue weighted by molar-refractivity contribution is 6.31. The van der Waals surface area contributed by atoms with E-state index in [1.165, 1.54) is 22.0 Å². The fourth-order valence-corrected chi connectivity index (χ4v) is 5.56. The Bertz CT molecular complexity index is 1690. The third-order valence-electron chi connectivity index (χ3n) is 7.63. The molecule has 0 unspecified atom stereocenters. The molecule has 0 aliphatic heterocycles. The van der Waals surface area contributed by atoms with Gasteiger partial charge in [0, 0.05) is 55.4 Å². The quantitative estimate of drug-likeness (QED) is 0.116. The molecule has 0 radical (unpaired) electrons. The molecule has 4 N–H and O–H groups in total. The Balaban J connectivity index is 1.33. The van der Waals surface area contributed by atoms with E-state index in [9.17, 15) is 0 Å². The van der Waals surface area contributed by atoms with E-state index in [1.807, 2.05) is 18.2 Å². The van der Waals surface area contributed by atoms with Gasteiger partial charge in [-0.15, -0.1) is 0 Å². The second kappa shape index (κ2) is 15.2. The molecule has 44 heavy (non-hydrogen) atoms. The highest BCUT2D eigenvalue weighted by atomic mass is 35.5. The lowest BCUT2D eigenvalue weighted by molar-refractivity contribution is 0.290. The van der Waals surface area contributed by atoms with E-state index in [0.29, 0.717) is 36.2 Å². The molecule has 230 valence electrons. The highest BCUT2D eigenvalue weighted by Crippen LogP contribution is 2.36. The van der Waals surface area contributed by atoms with E-state index in [1.54, 1.807) is 7.11 Å². The van der Waals surface area contributed by atoms with Crippen molar-refractivity contribution >= 4 is 22.5 Å². The van der Waals surface area contributed by atoms with Crippen molar-refractivity contribution in [3.05, 3.63) is 112 Å². The van der Waals surface area contributed by atoms with Crippen LogP contribution in [0.2, 0.25) is 5.02 Å². The van der Waals surface area contributed by atoms with Crippen molar-refractivity contribution < 1.29 is 19.7 Å². The normalized spacial score (nSPS) is 11.3. The number of pyridine rings is 1. The number of hydrogen-bond donors (Lipinski definition) is 4. The number of nitrogens with zero attached hydrogens (tertiary/aromatic N) is 2. The first kappa shape index (κ1) is 31.5. The molecule has 5 rings (SSSR count). The molecule has 0 aliphatic rings. The van der Waals surface area contributed by atoms with Gasteiger partial charge in [0.1, 0.15) is 18.1 Å². The Labute approximate surface area is 263 Å². The van der Waals surface area contributed by atoms with E-state index in [0.717, 1.165) is 41.1 Å². The molecule has 8 nitrogen and oxygen atoms in total. The van der Waals surface area contributed by atoms with Crippen LogP contribution in [0, 0.1) is 6.92 Å². The van der Waals surface area contributed by atoms with Gasteiger partial charge < -0.3 is 34.9 Å². The molecule has 9 heteroatoms. The summed E-state index contributed by atoms with van der Waals surface area (Å²) in [6.07, 6.45) is 2.14. The number of hydrogen-bond acceptors (Lipinski definition) is 7. The van der Waals surface area contributed by atoms with Gasteiger partial charge in [0.25, 0.3) is 0 Å². The highest BCUT2D eigenvalue weighted by Gasteiger charge is 2.15. The first-order valence-electron chi connectivity index (χ1n) is 14.8. The zero-order valence-electron chi connectivity index (χ0n) is 25.1. The van der Waals surface area contributed by atoms with Crippen molar-refractivity contribution in [3.8, 4) is 22.8 Å². The molecule has 2 heterocycles. The van der Waals surface area contributed by atoms with Crippen molar-refractivity contribution in [1.82, 2.24) is 20.2 Å². The minimum absolute atomic E-state index is 0.0502. The molecule has 0 aliphatic carbocycles. The average Bonchev–Trinajstić information content (AvgIpc) is 3.45. The number of aliphatic hydroxyl groups excluding tert-OH is 2. The molecule has 0 saturated heterocycles. The van der Waals surface area contributed by atoms with E-state index in [2.05, 4.69) is 87.9 Å². The molecule has 0 fully saturated rings. The molecule has 0 saturated carbocycles. The predicted octanol–water partition coefficient (Wildman–Crippen LogP) is 5.46. The Morgan fingerprint density at radius 3 is 2.32 bits per heavy atom. The maximum absolute atomic E-state index is 9.04. The number of benzene rings is 3. The molecular weight excluding hydrogens is 576 g/mol. The van der Waals surface area contributed by atoms with Crippen LogP contribution in [0.5, 0.6) is 11.6 Å². The van der Waals surface area contributed by atoms with Gasteiger partial charge in [-0.1, -0.05) is 60.1 Å². The number of halogens is 1. The number of aromatic nitrogens is 2. The standard InChI is InChI=1S/C35H39ClN4O4/c1-24-28(5-4-8-34(24)44-23-32-31(36)19-27(21-38-15-18-42)35(39-32)43-2)29-6-3-7-33-30(29)13-16-40(33)22-26-11-9-25(10-12-26)20-37-14-17-41/h3-13,16,19,37-38,41-42H,14-15,17-18,20-23H2,1-2H3. The lowest BCUT2D eigenvalue weighted by atomic mass is 9.97. The van der Waals surface area contributed by atoms with E-state index in [-0.39, 0.29) is 19.8 Å². The number of aliphatic hydroxyl groups is 2. The monoisotopic (exact) mass is 614 g/mol. The van der Waals surface area contributed by atoms with Crippen LogP contribution in [-0.4, -0.2) is 53.2 Å². The van der Waals surface area contributed by atoms with E-state index < -0.39 is 0 Å². The topological polar surface area (TPSA) is 101 Å². The van der Waals surface area contributed by atoms with Gasteiger partial charge in [0.05, 0.1) is 25.3 Å². The van der Waals surface area contributed by atoms with Crippen LogP contribution in [0.1, 0.15) is 27.9 Å². The second-order valence-electron chi connectivity index (χ2n) is 10.6. The second-order valence-corrected chi connectivity index (χ2v) is 11.0. The van der Waals surface area contributed by atoms with Crippen LogP contribution in [0.15, 0.2) is 79.0 Å². The number of rotatable bonds is 15. The minimum Gasteiger partial charge on any atom is -0.487 e. The predicted molar refractivity (Wildman–Crippen MR) is 175 cm³/mol. The van der Waals surface area contributed by atoms with Crippen LogP contribution >= 0.6 is 11.6 Å². The number of fused-ring (bicyclic) bond motifs is 1. The third kappa shape index (κ3) is 7.41. The summed E-state index contributed by atoms with van der Waals surface area (Å²) in [5.41, 5.74) is 8.28. The van der Waals surface area contributed by atoms with E-state index in [4.69, 9.17) is 31.3 Å². The van der Waals surface area contributed by atoms with Crippen molar-refractivity contribution in [2.24, 2.45) is 0 Å². The summed E-state index contributed by atoms with van der Waals surface area (Å²) in [5.74, 6) is 1.24. The summed E-state index contributed by atoms with van der Waals surface area (Å²) in [5, 5.41) is 26.0. The summed E-state index contributed by atoms with van der Waals surface area (Å²) < 4.78 is 14.0. The number of methoxy groups -OCH3 is 1. The summed E-state index contributed by atoms with van der Waals surface area (Å²) in [7, 11) is 1.58. The number of nitrogens with one attached hydrogen (secondary N) is 2. The maximum Gasteiger partial charge on any atom is 0.218 e. The van der Waals surface area contributed by atoms with Crippen LogP contribution in [-0.2, 0) is 26.2 Å². The maximum atomic E-state index is 9.04. The average molecular weight is 615 g/mol. The first-order chi connectivity index (χ1) is 21.5. The summed E-state index contributed by atoms with van der Waals surface area (Å²) >= 11 is 6.57. The Hall–Kier alpha value is -3.92. The largest absolute Gasteiger partial charge is 0.487 e. The van der Waals surface area contributed by atoms with Crippen LogP contribution in [0.4, 0.5) is 0 Å². The zero-order chi connectivity index (χ0) is 30.9. The third-order valence-corrected chi connectivity index (χ3v) is 7.96. The molecule has 3 aromatic carbocycles. The van der Waals surface area contributed by atoms with Crippen molar-refractivity contribution in [2.45, 2.75) is 33.2 Å². The summed E-state index contributed by atoms with van der Waals surface area (Å²) in [6.45, 7) is 5.52. The molecule has 2 aromatic heterocycles. The van der Waals surface area contributed by atoms with Gasteiger partial charge in [-0.05, 0) is 59.0 Å². The first-order valence-corrected chi connectivity index (χ1v) is 15.1. The minimum atomic E-state index is 0.0502. The van der Waals surface area contributed by atoms with Crippen LogP contribution in [0.25, 0.3) is 22.0 Å². The SMILES string of the molecule is COc1nc(COc2cccc(-c3cccc4c3ccn4Cc3ccc(CNCCO)cc3)c2C)c(Cl)cc1CNCCO. The molecular formula is C35H39ClN4O4. The van der Waals surface area contributed by atoms with Gasteiger partial charge in [-0.2, -0.15) is 0 Å². The fraction of sp³-hybridized carbons (Fsp3) is 0.286. The molecule has 0 bridgehead atoms. The van der Waals surface area contributed by atoms with Crippen molar-refractivity contribution in [3.63, 3.8) is 0 Å². The smallest absolute Gasteiger partial charge is 0.218 e. The lowest BCUT2D eigenvalue weighted by Crippen LogP contribution is -2.18. The van der Waals surface area contributed by atoms with Gasteiger partial charge in [0.15, 0.2) is 0 Å². The summed E-state index contributed by atoms with van der Waals surface area (Å²) in [4.78, 5) is 4.60. The molecule has 0 atom stereocenters. The van der Waals surface area contributed by atoms with Crippen LogP contribution in [0.3, 0.4) is 0 Å². The fourth-order valence-electron chi connectivity index (χ4n) is 5.33. The van der Waals surface area contributed by atoms with Gasteiger partial charge in [0.2, 0.25) is 5.88 Å². The molecule has 0 amide bonds. The van der Waals surface area contributed by atoms with Gasteiger partial charge in [-0.3, -0.25) is 0 Å². The molecule has 5 aromatic rings.